The number of hydrogen-bond donors (Lipinski definition) is 1. The highest BCUT2D eigenvalue weighted by atomic mass is 19.2. The van der Waals surface area contributed by atoms with Gasteiger partial charge in [-0.15, -0.1) is 0 Å². The van der Waals surface area contributed by atoms with E-state index in [9.17, 15) is 18.3 Å². The van der Waals surface area contributed by atoms with Gasteiger partial charge in [0, 0.05) is 18.6 Å². The molecule has 0 saturated carbocycles. The zero-order valence-electron chi connectivity index (χ0n) is 14.2. The van der Waals surface area contributed by atoms with Crippen molar-refractivity contribution in [2.45, 2.75) is 37.1 Å². The van der Waals surface area contributed by atoms with Gasteiger partial charge in [0.05, 0.1) is 18.8 Å². The largest absolute Gasteiger partial charge is 0.385 e. The van der Waals surface area contributed by atoms with Crippen LogP contribution in [0, 0.1) is 17.5 Å². The van der Waals surface area contributed by atoms with E-state index in [2.05, 4.69) is 4.90 Å². The van der Waals surface area contributed by atoms with Crippen LogP contribution in [0.5, 0.6) is 0 Å². The van der Waals surface area contributed by atoms with Gasteiger partial charge >= 0.3 is 0 Å². The Kier molecular flexibility index (Phi) is 4.50. The van der Waals surface area contributed by atoms with E-state index < -0.39 is 23.1 Å². The van der Waals surface area contributed by atoms with Crippen molar-refractivity contribution in [2.24, 2.45) is 0 Å². The summed E-state index contributed by atoms with van der Waals surface area (Å²) in [6, 6.07) is 11.7. The molecule has 4 rings (SSSR count). The molecule has 0 aromatic heterocycles. The normalized spacial score (nSPS) is 28.9. The Morgan fingerprint density at radius 2 is 1.58 bits per heavy atom. The Morgan fingerprint density at radius 3 is 2.15 bits per heavy atom. The number of hydrogen-bond acceptors (Lipinski definition) is 3. The molecule has 2 aromatic rings. The Morgan fingerprint density at radius 1 is 1.00 bits per heavy atom. The summed E-state index contributed by atoms with van der Waals surface area (Å²) in [5, 5.41) is 11.1. The molecule has 2 saturated heterocycles. The molecule has 2 aliphatic rings. The van der Waals surface area contributed by atoms with Crippen LogP contribution in [-0.2, 0) is 16.9 Å². The first-order chi connectivity index (χ1) is 12.5. The topological polar surface area (TPSA) is 32.7 Å². The third-order valence-electron chi connectivity index (χ3n) is 5.43. The first-order valence-electron chi connectivity index (χ1n) is 8.71. The van der Waals surface area contributed by atoms with Gasteiger partial charge in [0.25, 0.3) is 0 Å². The summed E-state index contributed by atoms with van der Waals surface area (Å²) < 4.78 is 46.2. The molecule has 2 aromatic carbocycles. The number of rotatable bonds is 3. The van der Waals surface area contributed by atoms with Gasteiger partial charge in [0.1, 0.15) is 0 Å². The monoisotopic (exact) mass is 363 g/mol. The standard InChI is InChI=1S/C20H20F3NO2/c21-17-6-14(7-18(22)19(17)23)20(25)8-15-11-26-12-16(9-20)24(15)10-13-4-2-1-3-5-13/h1-7,15-16,25H,8-12H2. The SMILES string of the molecule is OC1(c2cc(F)c(F)c(F)c2)CC2COCC(C1)N2Cc1ccccc1. The van der Waals surface area contributed by atoms with Crippen LogP contribution < -0.4 is 0 Å². The van der Waals surface area contributed by atoms with E-state index >= 15 is 0 Å². The molecule has 2 heterocycles. The zero-order valence-corrected chi connectivity index (χ0v) is 14.2. The molecule has 6 heteroatoms. The molecule has 0 aliphatic carbocycles. The van der Waals surface area contributed by atoms with Gasteiger partial charge in [-0.25, -0.2) is 13.2 Å². The van der Waals surface area contributed by atoms with Crippen molar-refractivity contribution >= 4 is 0 Å². The molecule has 138 valence electrons. The Balaban J connectivity index is 1.61. The van der Waals surface area contributed by atoms with Crippen molar-refractivity contribution in [3.8, 4) is 0 Å². The molecule has 26 heavy (non-hydrogen) atoms. The lowest BCUT2D eigenvalue weighted by Crippen LogP contribution is -2.60. The van der Waals surface area contributed by atoms with Gasteiger partial charge in [-0.05, 0) is 36.1 Å². The molecule has 2 aliphatic heterocycles. The second-order valence-corrected chi connectivity index (χ2v) is 7.20. The summed E-state index contributed by atoms with van der Waals surface area (Å²) in [6.07, 6.45) is 0.557. The smallest absolute Gasteiger partial charge is 0.194 e. The van der Waals surface area contributed by atoms with Crippen LogP contribution >= 0.6 is 0 Å². The molecule has 0 radical (unpaired) electrons. The molecule has 2 bridgehead atoms. The molecule has 0 amide bonds. The molecule has 2 atom stereocenters. The van der Waals surface area contributed by atoms with E-state index in [1.165, 1.54) is 0 Å². The molecule has 2 fully saturated rings. The second-order valence-electron chi connectivity index (χ2n) is 7.20. The minimum Gasteiger partial charge on any atom is -0.385 e. The summed E-state index contributed by atoms with van der Waals surface area (Å²) in [5.41, 5.74) is -0.152. The third kappa shape index (κ3) is 3.13. The van der Waals surface area contributed by atoms with E-state index in [0.29, 0.717) is 13.2 Å². The number of piperidine rings is 1. The van der Waals surface area contributed by atoms with Gasteiger partial charge in [-0.1, -0.05) is 30.3 Å². The Labute approximate surface area is 150 Å². The van der Waals surface area contributed by atoms with Crippen LogP contribution in [0.2, 0.25) is 0 Å². The van der Waals surface area contributed by atoms with Crippen molar-refractivity contribution in [1.82, 2.24) is 4.90 Å². The van der Waals surface area contributed by atoms with Crippen LogP contribution in [0.15, 0.2) is 42.5 Å². The lowest BCUT2D eigenvalue weighted by molar-refractivity contribution is -0.149. The van der Waals surface area contributed by atoms with Crippen molar-refractivity contribution in [3.63, 3.8) is 0 Å². The first kappa shape index (κ1) is 17.5. The van der Waals surface area contributed by atoms with Crippen molar-refractivity contribution < 1.29 is 23.0 Å². The number of benzene rings is 2. The zero-order chi connectivity index (χ0) is 18.3. The van der Waals surface area contributed by atoms with Crippen LogP contribution in [0.1, 0.15) is 24.0 Å². The highest BCUT2D eigenvalue weighted by molar-refractivity contribution is 5.27. The van der Waals surface area contributed by atoms with Gasteiger partial charge in [-0.3, -0.25) is 4.90 Å². The van der Waals surface area contributed by atoms with Gasteiger partial charge in [0.15, 0.2) is 17.5 Å². The maximum atomic E-state index is 13.7. The summed E-state index contributed by atoms with van der Waals surface area (Å²) >= 11 is 0. The summed E-state index contributed by atoms with van der Waals surface area (Å²) in [6.45, 7) is 1.61. The Bertz CT molecular complexity index is 762. The number of halogens is 3. The molecular formula is C20H20F3NO2. The molecule has 3 nitrogen and oxygen atoms in total. The van der Waals surface area contributed by atoms with Gasteiger partial charge in [-0.2, -0.15) is 0 Å². The van der Waals surface area contributed by atoms with E-state index in [1.807, 2.05) is 30.3 Å². The summed E-state index contributed by atoms with van der Waals surface area (Å²) in [7, 11) is 0. The van der Waals surface area contributed by atoms with Crippen LogP contribution in [0.3, 0.4) is 0 Å². The number of fused-ring (bicyclic) bond motifs is 2. The van der Waals surface area contributed by atoms with E-state index in [0.717, 1.165) is 24.2 Å². The Hall–Kier alpha value is -1.89. The van der Waals surface area contributed by atoms with E-state index in [4.69, 9.17) is 4.74 Å². The quantitative estimate of drug-likeness (QED) is 0.849. The highest BCUT2D eigenvalue weighted by Gasteiger charge is 2.47. The first-order valence-corrected chi connectivity index (χ1v) is 8.71. The van der Waals surface area contributed by atoms with Gasteiger partial charge in [0.2, 0.25) is 0 Å². The maximum Gasteiger partial charge on any atom is 0.194 e. The predicted molar refractivity (Wildman–Crippen MR) is 89.8 cm³/mol. The lowest BCUT2D eigenvalue weighted by Gasteiger charge is -2.52. The fourth-order valence-electron chi connectivity index (χ4n) is 4.16. The number of morpholine rings is 1. The molecule has 2 unspecified atom stereocenters. The maximum absolute atomic E-state index is 13.7. The summed E-state index contributed by atoms with van der Waals surface area (Å²) in [5.74, 6) is -4.06. The van der Waals surface area contributed by atoms with Crippen LogP contribution in [0.4, 0.5) is 13.2 Å². The van der Waals surface area contributed by atoms with Gasteiger partial charge < -0.3 is 9.84 Å². The fourth-order valence-corrected chi connectivity index (χ4v) is 4.16. The van der Waals surface area contributed by atoms with Crippen molar-refractivity contribution in [3.05, 3.63) is 71.0 Å². The fraction of sp³-hybridized carbons (Fsp3) is 0.400. The molecule has 0 spiro atoms. The molecular weight excluding hydrogens is 343 g/mol. The third-order valence-corrected chi connectivity index (χ3v) is 5.43. The number of ether oxygens (including phenoxy) is 1. The minimum atomic E-state index is -1.51. The van der Waals surface area contributed by atoms with Crippen molar-refractivity contribution in [2.75, 3.05) is 13.2 Å². The average molecular weight is 363 g/mol. The molecule has 1 N–H and O–H groups in total. The van der Waals surface area contributed by atoms with E-state index in [-0.39, 0.29) is 30.5 Å². The van der Waals surface area contributed by atoms with Crippen molar-refractivity contribution in [1.29, 1.82) is 0 Å². The van der Waals surface area contributed by atoms with Crippen LogP contribution in [0.25, 0.3) is 0 Å². The minimum absolute atomic E-state index is 0.0797. The predicted octanol–water partition coefficient (Wildman–Crippen LogP) is 3.35. The van der Waals surface area contributed by atoms with Crippen LogP contribution in [-0.4, -0.2) is 35.3 Å². The number of aliphatic hydroxyl groups is 1. The van der Waals surface area contributed by atoms with E-state index in [1.54, 1.807) is 0 Å². The number of nitrogens with zero attached hydrogens (tertiary/aromatic N) is 1. The lowest BCUT2D eigenvalue weighted by atomic mass is 9.76. The second kappa shape index (κ2) is 6.68. The summed E-state index contributed by atoms with van der Waals surface area (Å²) in [4.78, 5) is 2.28. The highest BCUT2D eigenvalue weighted by Crippen LogP contribution is 2.42. The average Bonchev–Trinajstić information content (AvgIpc) is 2.61.